The number of hydrogen-bond acceptors (Lipinski definition) is 4. The Balaban J connectivity index is 2.16. The molecular formula is C12H21N3O. The van der Waals surface area contributed by atoms with Gasteiger partial charge in [0.25, 0.3) is 0 Å². The third kappa shape index (κ3) is 5.09. The molecule has 0 radical (unpaired) electrons. The van der Waals surface area contributed by atoms with Crippen LogP contribution < -0.4 is 10.6 Å². The first kappa shape index (κ1) is 12.9. The van der Waals surface area contributed by atoms with Crippen LogP contribution in [0.1, 0.15) is 12.5 Å². The summed E-state index contributed by atoms with van der Waals surface area (Å²) in [7, 11) is 1.72. The summed E-state index contributed by atoms with van der Waals surface area (Å²) in [6.07, 6.45) is 1.82. The van der Waals surface area contributed by atoms with Gasteiger partial charge in [0.15, 0.2) is 0 Å². The van der Waals surface area contributed by atoms with Crippen molar-refractivity contribution in [3.63, 3.8) is 0 Å². The number of anilines is 1. The molecule has 0 saturated heterocycles. The molecule has 4 nitrogen and oxygen atoms in total. The van der Waals surface area contributed by atoms with Crippen molar-refractivity contribution in [1.82, 2.24) is 10.3 Å². The van der Waals surface area contributed by atoms with Crippen LogP contribution in [0.3, 0.4) is 0 Å². The first-order valence-electron chi connectivity index (χ1n) is 5.61. The van der Waals surface area contributed by atoms with Gasteiger partial charge in [0.2, 0.25) is 0 Å². The van der Waals surface area contributed by atoms with E-state index in [1.165, 1.54) is 5.56 Å². The highest BCUT2D eigenvalue weighted by molar-refractivity contribution is 5.36. The second kappa shape index (κ2) is 7.19. The average Bonchev–Trinajstić information content (AvgIpc) is 2.25. The minimum Gasteiger partial charge on any atom is -0.383 e. The van der Waals surface area contributed by atoms with Gasteiger partial charge in [0.1, 0.15) is 5.82 Å². The quantitative estimate of drug-likeness (QED) is 0.686. The molecule has 0 aliphatic carbocycles. The van der Waals surface area contributed by atoms with Crippen LogP contribution in [0.25, 0.3) is 0 Å². The van der Waals surface area contributed by atoms with Crippen LogP contribution in [-0.2, 0) is 4.74 Å². The number of nitrogens with zero attached hydrogens (tertiary/aromatic N) is 1. The topological polar surface area (TPSA) is 46.2 Å². The summed E-state index contributed by atoms with van der Waals surface area (Å²) < 4.78 is 5.04. The van der Waals surface area contributed by atoms with E-state index in [0.717, 1.165) is 25.5 Å². The predicted molar refractivity (Wildman–Crippen MR) is 66.8 cm³/mol. The van der Waals surface area contributed by atoms with Crippen LogP contribution in [0.2, 0.25) is 0 Å². The van der Waals surface area contributed by atoms with Gasteiger partial charge in [-0.1, -0.05) is 0 Å². The van der Waals surface area contributed by atoms with Crippen LogP contribution in [0.5, 0.6) is 0 Å². The smallest absolute Gasteiger partial charge is 0.126 e. The first-order valence-corrected chi connectivity index (χ1v) is 5.61. The maximum absolute atomic E-state index is 5.04. The van der Waals surface area contributed by atoms with Gasteiger partial charge >= 0.3 is 0 Å². The molecule has 1 atom stereocenters. The van der Waals surface area contributed by atoms with E-state index in [-0.39, 0.29) is 0 Å². The number of rotatable bonds is 7. The van der Waals surface area contributed by atoms with Crippen LogP contribution in [0, 0.1) is 6.92 Å². The van der Waals surface area contributed by atoms with Crippen LogP contribution in [0.4, 0.5) is 5.82 Å². The molecule has 1 rings (SSSR count). The molecule has 90 valence electrons. The zero-order chi connectivity index (χ0) is 11.8. The van der Waals surface area contributed by atoms with Crippen molar-refractivity contribution in [2.24, 2.45) is 0 Å². The molecule has 1 aromatic rings. The number of hydrogen-bond donors (Lipinski definition) is 2. The third-order valence-corrected chi connectivity index (χ3v) is 2.26. The minimum atomic E-state index is 0.386. The Morgan fingerprint density at radius 3 is 2.94 bits per heavy atom. The standard InChI is InChI=1S/C12H21N3O/c1-10-4-5-14-12(8-10)15-7-6-13-11(2)9-16-3/h4-5,8,11,13H,6-7,9H2,1-3H3,(H,14,15). The van der Waals surface area contributed by atoms with Crippen molar-refractivity contribution in [2.45, 2.75) is 19.9 Å². The second-order valence-electron chi connectivity index (χ2n) is 3.96. The molecule has 0 aliphatic heterocycles. The van der Waals surface area contributed by atoms with Gasteiger partial charge in [-0.3, -0.25) is 0 Å². The maximum Gasteiger partial charge on any atom is 0.126 e. The second-order valence-corrected chi connectivity index (χ2v) is 3.96. The van der Waals surface area contributed by atoms with Crippen LogP contribution in [-0.4, -0.2) is 37.8 Å². The highest BCUT2D eigenvalue weighted by Gasteiger charge is 1.99. The van der Waals surface area contributed by atoms with Crippen LogP contribution in [0.15, 0.2) is 18.3 Å². The van der Waals surface area contributed by atoms with E-state index in [1.54, 1.807) is 7.11 Å². The number of pyridine rings is 1. The molecule has 2 N–H and O–H groups in total. The highest BCUT2D eigenvalue weighted by Crippen LogP contribution is 2.03. The fourth-order valence-corrected chi connectivity index (χ4v) is 1.45. The lowest BCUT2D eigenvalue weighted by atomic mass is 10.3. The summed E-state index contributed by atoms with van der Waals surface area (Å²) >= 11 is 0. The van der Waals surface area contributed by atoms with Gasteiger partial charge in [0.05, 0.1) is 6.61 Å². The zero-order valence-corrected chi connectivity index (χ0v) is 10.3. The Kier molecular flexibility index (Phi) is 5.82. The monoisotopic (exact) mass is 223 g/mol. The molecular weight excluding hydrogens is 202 g/mol. The lowest BCUT2D eigenvalue weighted by Gasteiger charge is -2.13. The lowest BCUT2D eigenvalue weighted by Crippen LogP contribution is -2.33. The SMILES string of the molecule is COCC(C)NCCNc1cc(C)ccn1. The van der Waals surface area contributed by atoms with Crippen molar-refractivity contribution < 1.29 is 4.74 Å². The summed E-state index contributed by atoms with van der Waals surface area (Å²) in [5.74, 6) is 0.932. The molecule has 0 saturated carbocycles. The molecule has 1 aromatic heterocycles. The van der Waals surface area contributed by atoms with E-state index in [4.69, 9.17) is 4.74 Å². The summed E-state index contributed by atoms with van der Waals surface area (Å²) in [5, 5.41) is 6.62. The van der Waals surface area contributed by atoms with Gasteiger partial charge in [0, 0.05) is 32.4 Å². The van der Waals surface area contributed by atoms with Gasteiger partial charge < -0.3 is 15.4 Å². The van der Waals surface area contributed by atoms with E-state index >= 15 is 0 Å². The molecule has 0 fully saturated rings. The van der Waals surface area contributed by atoms with E-state index in [2.05, 4.69) is 29.5 Å². The van der Waals surface area contributed by atoms with Gasteiger partial charge in [-0.25, -0.2) is 4.98 Å². The van der Waals surface area contributed by atoms with E-state index in [1.807, 2.05) is 18.3 Å². The minimum absolute atomic E-state index is 0.386. The van der Waals surface area contributed by atoms with Crippen molar-refractivity contribution in [3.8, 4) is 0 Å². The summed E-state index contributed by atoms with van der Waals surface area (Å²) in [5.41, 5.74) is 1.22. The number of methoxy groups -OCH3 is 1. The zero-order valence-electron chi connectivity index (χ0n) is 10.3. The van der Waals surface area contributed by atoms with Crippen molar-refractivity contribution in [1.29, 1.82) is 0 Å². The molecule has 0 spiro atoms. The predicted octanol–water partition coefficient (Wildman–Crippen LogP) is 1.43. The molecule has 0 aromatic carbocycles. The molecule has 0 amide bonds. The van der Waals surface area contributed by atoms with Crippen LogP contribution >= 0.6 is 0 Å². The molecule has 1 unspecified atom stereocenters. The largest absolute Gasteiger partial charge is 0.383 e. The number of ether oxygens (including phenoxy) is 1. The Bertz CT molecular complexity index is 304. The average molecular weight is 223 g/mol. The number of aryl methyl sites for hydroxylation is 1. The highest BCUT2D eigenvalue weighted by atomic mass is 16.5. The van der Waals surface area contributed by atoms with Crippen molar-refractivity contribution in [2.75, 3.05) is 32.1 Å². The fourth-order valence-electron chi connectivity index (χ4n) is 1.45. The summed E-state index contributed by atoms with van der Waals surface area (Å²) in [6.45, 7) is 6.67. The van der Waals surface area contributed by atoms with E-state index in [0.29, 0.717) is 6.04 Å². The van der Waals surface area contributed by atoms with Crippen molar-refractivity contribution in [3.05, 3.63) is 23.9 Å². The van der Waals surface area contributed by atoms with E-state index in [9.17, 15) is 0 Å². The summed E-state index contributed by atoms with van der Waals surface area (Å²) in [6, 6.07) is 4.42. The number of nitrogens with one attached hydrogen (secondary N) is 2. The lowest BCUT2D eigenvalue weighted by molar-refractivity contribution is 0.173. The Hall–Kier alpha value is -1.13. The Morgan fingerprint density at radius 1 is 1.44 bits per heavy atom. The Morgan fingerprint density at radius 2 is 2.25 bits per heavy atom. The number of aromatic nitrogens is 1. The Labute approximate surface area is 97.4 Å². The molecule has 16 heavy (non-hydrogen) atoms. The van der Waals surface area contributed by atoms with Gasteiger partial charge in [-0.2, -0.15) is 0 Å². The molecule has 0 bridgehead atoms. The fraction of sp³-hybridized carbons (Fsp3) is 0.583. The molecule has 0 aliphatic rings. The molecule has 4 heteroatoms. The van der Waals surface area contributed by atoms with E-state index < -0.39 is 0 Å². The van der Waals surface area contributed by atoms with Gasteiger partial charge in [-0.05, 0) is 31.5 Å². The van der Waals surface area contributed by atoms with Crippen molar-refractivity contribution >= 4 is 5.82 Å². The molecule has 1 heterocycles. The maximum atomic E-state index is 5.04. The summed E-state index contributed by atoms with van der Waals surface area (Å²) in [4.78, 5) is 4.23. The first-order chi connectivity index (χ1) is 7.72. The normalized spacial score (nSPS) is 12.4. The van der Waals surface area contributed by atoms with Gasteiger partial charge in [-0.15, -0.1) is 0 Å². The third-order valence-electron chi connectivity index (χ3n) is 2.26.